The van der Waals surface area contributed by atoms with Crippen LogP contribution < -0.4 is 5.32 Å². The van der Waals surface area contributed by atoms with Gasteiger partial charge in [-0.3, -0.25) is 14.5 Å². The lowest BCUT2D eigenvalue weighted by Crippen LogP contribution is -2.43. The van der Waals surface area contributed by atoms with Crippen molar-refractivity contribution in [3.05, 3.63) is 0 Å². The summed E-state index contributed by atoms with van der Waals surface area (Å²) in [7, 11) is 0. The Hall–Kier alpha value is -1.10. The maximum absolute atomic E-state index is 12.4. The van der Waals surface area contributed by atoms with Crippen LogP contribution in [0.3, 0.4) is 0 Å². The molecule has 1 aliphatic heterocycles. The Morgan fingerprint density at radius 1 is 1.24 bits per heavy atom. The van der Waals surface area contributed by atoms with Crippen LogP contribution in [0.4, 0.5) is 0 Å². The van der Waals surface area contributed by atoms with Gasteiger partial charge in [-0.2, -0.15) is 0 Å². The standard InChI is InChI=1S/C16H28N2O3/c1-3-11-8-13(14(9-11)16(20)21)15(19)17-10-12-6-5-7-18(12)4-2/h11-14H,3-10H2,1-2H3,(H,17,19)(H,20,21)/t11?,12?,13-,14+/m0/s1. The molecule has 120 valence electrons. The lowest BCUT2D eigenvalue weighted by atomic mass is 9.95. The fraction of sp³-hybridized carbons (Fsp3) is 0.875. The number of amides is 1. The lowest BCUT2D eigenvalue weighted by molar-refractivity contribution is -0.146. The number of rotatable bonds is 6. The zero-order valence-electron chi connectivity index (χ0n) is 13.2. The molecule has 5 heteroatoms. The van der Waals surface area contributed by atoms with Crippen molar-refractivity contribution in [2.45, 2.75) is 52.0 Å². The Morgan fingerprint density at radius 2 is 1.95 bits per heavy atom. The Labute approximate surface area is 127 Å². The van der Waals surface area contributed by atoms with Gasteiger partial charge in [0, 0.05) is 12.6 Å². The molecule has 0 radical (unpaired) electrons. The summed E-state index contributed by atoms with van der Waals surface area (Å²) in [5, 5.41) is 12.3. The van der Waals surface area contributed by atoms with Crippen LogP contribution in [0.5, 0.6) is 0 Å². The number of carboxylic acid groups (broad SMARTS) is 1. The average Bonchev–Trinajstić information content (AvgIpc) is 3.10. The topological polar surface area (TPSA) is 69.6 Å². The van der Waals surface area contributed by atoms with Crippen molar-refractivity contribution in [3.8, 4) is 0 Å². The molecule has 0 aromatic rings. The number of carboxylic acids is 1. The van der Waals surface area contributed by atoms with Crippen LogP contribution in [-0.2, 0) is 9.59 Å². The highest BCUT2D eigenvalue weighted by atomic mass is 16.4. The van der Waals surface area contributed by atoms with E-state index < -0.39 is 11.9 Å². The number of nitrogens with one attached hydrogen (secondary N) is 1. The second-order valence-electron chi connectivity index (χ2n) is 6.47. The molecule has 1 saturated heterocycles. The van der Waals surface area contributed by atoms with Crippen LogP contribution in [-0.4, -0.2) is 47.6 Å². The predicted octanol–water partition coefficient (Wildman–Crippen LogP) is 1.72. The van der Waals surface area contributed by atoms with Gasteiger partial charge in [-0.15, -0.1) is 0 Å². The van der Waals surface area contributed by atoms with Gasteiger partial charge < -0.3 is 10.4 Å². The molecule has 0 spiro atoms. The number of aliphatic carboxylic acids is 1. The highest BCUT2D eigenvalue weighted by Gasteiger charge is 2.42. The average molecular weight is 296 g/mol. The number of carbonyl (C=O) groups excluding carboxylic acids is 1. The van der Waals surface area contributed by atoms with E-state index in [1.165, 1.54) is 6.42 Å². The fourth-order valence-electron chi connectivity index (χ4n) is 3.93. The molecule has 2 rings (SSSR count). The minimum Gasteiger partial charge on any atom is -0.481 e. The molecule has 0 aromatic carbocycles. The summed E-state index contributed by atoms with van der Waals surface area (Å²) in [5.74, 6) is -1.34. The molecule has 2 fully saturated rings. The maximum Gasteiger partial charge on any atom is 0.307 e. The minimum atomic E-state index is -0.817. The van der Waals surface area contributed by atoms with Crippen molar-refractivity contribution in [2.75, 3.05) is 19.6 Å². The third-order valence-electron chi connectivity index (χ3n) is 5.31. The summed E-state index contributed by atoms with van der Waals surface area (Å²) in [5.41, 5.74) is 0. The molecule has 2 unspecified atom stereocenters. The second-order valence-corrected chi connectivity index (χ2v) is 6.47. The van der Waals surface area contributed by atoms with E-state index in [2.05, 4.69) is 24.1 Å². The van der Waals surface area contributed by atoms with Gasteiger partial charge in [0.1, 0.15) is 0 Å². The molecule has 2 aliphatic rings. The highest BCUT2D eigenvalue weighted by molar-refractivity contribution is 5.85. The number of likely N-dealkylation sites (N-methyl/N-ethyl adjacent to an activating group) is 1. The summed E-state index contributed by atoms with van der Waals surface area (Å²) in [6.07, 6.45) is 4.64. The van der Waals surface area contributed by atoms with Gasteiger partial charge in [0.05, 0.1) is 11.8 Å². The van der Waals surface area contributed by atoms with Gasteiger partial charge in [-0.1, -0.05) is 20.3 Å². The quantitative estimate of drug-likeness (QED) is 0.783. The number of nitrogens with zero attached hydrogens (tertiary/aromatic N) is 1. The molecule has 1 amide bonds. The zero-order valence-corrected chi connectivity index (χ0v) is 13.2. The Morgan fingerprint density at radius 3 is 2.57 bits per heavy atom. The van der Waals surface area contributed by atoms with E-state index in [0.29, 0.717) is 24.9 Å². The maximum atomic E-state index is 12.4. The lowest BCUT2D eigenvalue weighted by Gasteiger charge is -2.24. The Bertz CT molecular complexity index is 386. The molecule has 5 nitrogen and oxygen atoms in total. The van der Waals surface area contributed by atoms with Gasteiger partial charge in [0.2, 0.25) is 5.91 Å². The number of hydrogen-bond donors (Lipinski definition) is 2. The first-order valence-electron chi connectivity index (χ1n) is 8.31. The normalized spacial score (nSPS) is 33.2. The van der Waals surface area contributed by atoms with E-state index in [9.17, 15) is 14.7 Å². The van der Waals surface area contributed by atoms with Crippen LogP contribution in [0.15, 0.2) is 0 Å². The first-order valence-corrected chi connectivity index (χ1v) is 8.31. The van der Waals surface area contributed by atoms with E-state index in [1.807, 2.05) is 0 Å². The van der Waals surface area contributed by atoms with E-state index >= 15 is 0 Å². The molecule has 21 heavy (non-hydrogen) atoms. The molecular formula is C16H28N2O3. The Kier molecular flexibility index (Phi) is 5.62. The second kappa shape index (κ2) is 7.25. The van der Waals surface area contributed by atoms with Crippen molar-refractivity contribution in [1.29, 1.82) is 0 Å². The Balaban J connectivity index is 1.88. The van der Waals surface area contributed by atoms with Crippen LogP contribution in [0.25, 0.3) is 0 Å². The third-order valence-corrected chi connectivity index (χ3v) is 5.31. The summed E-state index contributed by atoms with van der Waals surface area (Å²) < 4.78 is 0. The predicted molar refractivity (Wildman–Crippen MR) is 80.9 cm³/mol. The zero-order chi connectivity index (χ0) is 15.4. The molecule has 4 atom stereocenters. The van der Waals surface area contributed by atoms with Gasteiger partial charge in [-0.25, -0.2) is 0 Å². The van der Waals surface area contributed by atoms with Gasteiger partial charge >= 0.3 is 5.97 Å². The van der Waals surface area contributed by atoms with Gasteiger partial charge in [0.25, 0.3) is 0 Å². The van der Waals surface area contributed by atoms with Crippen molar-refractivity contribution >= 4 is 11.9 Å². The molecule has 1 saturated carbocycles. The van der Waals surface area contributed by atoms with Crippen molar-refractivity contribution in [1.82, 2.24) is 10.2 Å². The summed E-state index contributed by atoms with van der Waals surface area (Å²) in [6, 6.07) is 0.422. The van der Waals surface area contributed by atoms with Gasteiger partial charge in [0.15, 0.2) is 0 Å². The monoisotopic (exact) mass is 296 g/mol. The summed E-state index contributed by atoms with van der Waals surface area (Å²) >= 11 is 0. The van der Waals surface area contributed by atoms with Crippen LogP contribution >= 0.6 is 0 Å². The number of carbonyl (C=O) groups is 2. The smallest absolute Gasteiger partial charge is 0.307 e. The molecule has 1 heterocycles. The van der Waals surface area contributed by atoms with Crippen LogP contribution in [0, 0.1) is 17.8 Å². The van der Waals surface area contributed by atoms with Crippen molar-refractivity contribution in [3.63, 3.8) is 0 Å². The van der Waals surface area contributed by atoms with Gasteiger partial charge in [-0.05, 0) is 44.7 Å². The van der Waals surface area contributed by atoms with Crippen LogP contribution in [0.1, 0.15) is 46.0 Å². The first kappa shape index (κ1) is 16.3. The van der Waals surface area contributed by atoms with Crippen molar-refractivity contribution < 1.29 is 14.7 Å². The van der Waals surface area contributed by atoms with E-state index in [1.54, 1.807) is 0 Å². The highest BCUT2D eigenvalue weighted by Crippen LogP contribution is 2.38. The molecular weight excluding hydrogens is 268 g/mol. The third kappa shape index (κ3) is 3.76. The minimum absolute atomic E-state index is 0.0543. The summed E-state index contributed by atoms with van der Waals surface area (Å²) in [6.45, 7) is 6.99. The largest absolute Gasteiger partial charge is 0.481 e. The molecule has 0 bridgehead atoms. The van der Waals surface area contributed by atoms with E-state index in [4.69, 9.17) is 0 Å². The van der Waals surface area contributed by atoms with Crippen molar-refractivity contribution in [2.24, 2.45) is 17.8 Å². The van der Waals surface area contributed by atoms with E-state index in [0.717, 1.165) is 32.4 Å². The fourth-order valence-corrected chi connectivity index (χ4v) is 3.93. The number of hydrogen-bond acceptors (Lipinski definition) is 3. The number of likely N-dealkylation sites (tertiary alicyclic amines) is 1. The molecule has 1 aliphatic carbocycles. The first-order chi connectivity index (χ1) is 10.1. The van der Waals surface area contributed by atoms with Crippen LogP contribution in [0.2, 0.25) is 0 Å². The SMILES string of the molecule is CCC1C[C@H](C(=O)NCC2CCCN2CC)[C@H](C(=O)O)C1. The molecule has 0 aromatic heterocycles. The molecule has 2 N–H and O–H groups in total. The summed E-state index contributed by atoms with van der Waals surface area (Å²) in [4.78, 5) is 26.1. The van der Waals surface area contributed by atoms with E-state index in [-0.39, 0.29) is 11.8 Å².